The summed E-state index contributed by atoms with van der Waals surface area (Å²) in [7, 11) is -6.00. The van der Waals surface area contributed by atoms with Crippen LogP contribution in [0, 0.1) is 12.2 Å². The predicted molar refractivity (Wildman–Crippen MR) is 104 cm³/mol. The fourth-order valence-electron chi connectivity index (χ4n) is 2.44. The van der Waals surface area contributed by atoms with Crippen molar-refractivity contribution in [2.45, 2.75) is 12.8 Å². The van der Waals surface area contributed by atoms with E-state index in [1.165, 1.54) is 22.3 Å². The molecule has 28 heavy (non-hydrogen) atoms. The molecule has 2 aromatic carbocycles. The zero-order chi connectivity index (χ0) is 19.5. The number of allylic oxidation sites excluding steroid dienone is 8. The van der Waals surface area contributed by atoms with Gasteiger partial charge in [-0.25, -0.2) is 0 Å². The van der Waals surface area contributed by atoms with Crippen LogP contribution in [-0.2, 0) is 17.4 Å². The SMILES string of the molecule is F[B-](F)(F)F.[C-]1=C(c2ccccc2)C=CC1.[C-]1=C(c2ccccc2)C=CC1.[Cr+3]. The molecule has 0 amide bonds. The van der Waals surface area contributed by atoms with E-state index in [0.717, 1.165) is 12.8 Å². The minimum absolute atomic E-state index is 0. The molecule has 143 valence electrons. The van der Waals surface area contributed by atoms with Crippen molar-refractivity contribution in [2.24, 2.45) is 0 Å². The standard InChI is InChI=1S/2C11H9.BF4.Cr/c2*1-2-6-10(7-3-1)11-8-4-5-9-11;2-1(3,4)5;/h2*1-4,6-8H,5H2;;/q3*-1;+3. The van der Waals surface area contributed by atoms with Gasteiger partial charge in [-0.1, -0.05) is 49.2 Å². The Morgan fingerprint density at radius 1 is 0.607 bits per heavy atom. The van der Waals surface area contributed by atoms with Crippen LogP contribution in [0.5, 0.6) is 0 Å². The van der Waals surface area contributed by atoms with E-state index in [-0.39, 0.29) is 17.4 Å². The Bertz CT molecular complexity index is 751. The second-order valence-electron chi connectivity index (χ2n) is 5.62. The topological polar surface area (TPSA) is 0 Å². The Morgan fingerprint density at radius 2 is 0.929 bits per heavy atom. The minimum atomic E-state index is -6.00. The smallest absolute Gasteiger partial charge is 0.418 e. The molecule has 0 nitrogen and oxygen atoms in total. The number of hydrogen-bond acceptors (Lipinski definition) is 0. The van der Waals surface area contributed by atoms with Gasteiger partial charge < -0.3 is 17.3 Å². The van der Waals surface area contributed by atoms with Crippen LogP contribution in [0.4, 0.5) is 17.3 Å². The first-order valence-electron chi connectivity index (χ1n) is 8.46. The first-order valence-corrected chi connectivity index (χ1v) is 8.46. The molecule has 0 saturated heterocycles. The molecule has 0 atom stereocenters. The van der Waals surface area contributed by atoms with Crippen molar-refractivity contribution in [1.29, 1.82) is 0 Å². The summed E-state index contributed by atoms with van der Waals surface area (Å²) in [5, 5.41) is 0. The second-order valence-corrected chi connectivity index (χ2v) is 5.62. The maximum absolute atomic E-state index is 9.75. The van der Waals surface area contributed by atoms with Crippen LogP contribution in [0.25, 0.3) is 11.1 Å². The van der Waals surface area contributed by atoms with Crippen molar-refractivity contribution < 1.29 is 34.6 Å². The van der Waals surface area contributed by atoms with Gasteiger partial charge in [0.1, 0.15) is 0 Å². The minimum Gasteiger partial charge on any atom is -0.418 e. The molecular weight excluding hydrogens is 403 g/mol. The zero-order valence-electron chi connectivity index (χ0n) is 15.0. The average Bonchev–Trinajstić information content (AvgIpc) is 3.37. The zero-order valence-corrected chi connectivity index (χ0v) is 16.3. The van der Waals surface area contributed by atoms with Gasteiger partial charge in [0.25, 0.3) is 0 Å². The van der Waals surface area contributed by atoms with Gasteiger partial charge in [-0.05, 0) is 0 Å². The maximum Gasteiger partial charge on any atom is 3.00 e. The van der Waals surface area contributed by atoms with Gasteiger partial charge in [-0.15, -0.1) is 47.5 Å². The third kappa shape index (κ3) is 9.59. The molecule has 0 fully saturated rings. The Morgan fingerprint density at radius 3 is 1.18 bits per heavy atom. The molecule has 2 aliphatic carbocycles. The fraction of sp³-hybridized carbons (Fsp3) is 0.0909. The van der Waals surface area contributed by atoms with E-state index in [1.807, 2.05) is 12.1 Å². The van der Waals surface area contributed by atoms with Crippen LogP contribution in [0.1, 0.15) is 24.0 Å². The van der Waals surface area contributed by atoms with E-state index in [1.54, 1.807) is 0 Å². The third-order valence-corrected chi connectivity index (χ3v) is 3.56. The van der Waals surface area contributed by atoms with E-state index < -0.39 is 7.25 Å². The van der Waals surface area contributed by atoms with Gasteiger partial charge in [0.2, 0.25) is 0 Å². The Hall–Kier alpha value is -2.28. The Kier molecular flexibility index (Phi) is 10.4. The second kappa shape index (κ2) is 12.2. The number of benzene rings is 2. The molecule has 0 saturated carbocycles. The molecule has 1 radical (unpaired) electrons. The largest absolute Gasteiger partial charge is 3.00 e. The van der Waals surface area contributed by atoms with Crippen molar-refractivity contribution >= 4 is 18.4 Å². The fourth-order valence-corrected chi connectivity index (χ4v) is 2.44. The van der Waals surface area contributed by atoms with Crippen molar-refractivity contribution in [3.8, 4) is 0 Å². The molecule has 0 unspecified atom stereocenters. The molecular formula is C22H18BCrF4. The number of rotatable bonds is 2. The van der Waals surface area contributed by atoms with E-state index in [2.05, 4.69) is 85.0 Å². The maximum atomic E-state index is 9.75. The summed E-state index contributed by atoms with van der Waals surface area (Å²) in [5.74, 6) is 0. The molecule has 0 aliphatic heterocycles. The Labute approximate surface area is 174 Å². The van der Waals surface area contributed by atoms with E-state index in [9.17, 15) is 17.3 Å². The van der Waals surface area contributed by atoms with Crippen molar-refractivity contribution in [3.63, 3.8) is 0 Å². The van der Waals surface area contributed by atoms with Gasteiger partial charge in [0.15, 0.2) is 0 Å². The van der Waals surface area contributed by atoms with Gasteiger partial charge >= 0.3 is 24.6 Å². The summed E-state index contributed by atoms with van der Waals surface area (Å²) in [4.78, 5) is 0. The van der Waals surface area contributed by atoms with Crippen LogP contribution in [0.15, 0.2) is 85.0 Å². The van der Waals surface area contributed by atoms with Crippen molar-refractivity contribution in [2.75, 3.05) is 0 Å². The molecule has 2 aromatic rings. The van der Waals surface area contributed by atoms with Gasteiger partial charge in [0.05, 0.1) is 0 Å². The van der Waals surface area contributed by atoms with Crippen LogP contribution < -0.4 is 0 Å². The normalized spacial score (nSPS) is 14.0. The van der Waals surface area contributed by atoms with Crippen LogP contribution in [-0.4, -0.2) is 7.25 Å². The first-order chi connectivity index (χ1) is 12.9. The van der Waals surface area contributed by atoms with Gasteiger partial charge in [-0.3, -0.25) is 0 Å². The molecule has 6 heteroatoms. The molecule has 0 bridgehead atoms. The summed E-state index contributed by atoms with van der Waals surface area (Å²) in [6.07, 6.45) is 17.0. The number of halogens is 4. The van der Waals surface area contributed by atoms with E-state index >= 15 is 0 Å². The van der Waals surface area contributed by atoms with Crippen molar-refractivity contribution in [1.82, 2.24) is 0 Å². The molecule has 2 aliphatic rings. The van der Waals surface area contributed by atoms with Crippen molar-refractivity contribution in [3.05, 3.63) is 108 Å². The molecule has 4 rings (SSSR count). The summed E-state index contributed by atoms with van der Waals surface area (Å²) >= 11 is 0. The molecule has 0 spiro atoms. The summed E-state index contributed by atoms with van der Waals surface area (Å²) in [6.45, 7) is 0. The molecule has 0 aromatic heterocycles. The number of hydrogen-bond donors (Lipinski definition) is 0. The average molecular weight is 421 g/mol. The molecule has 0 heterocycles. The first kappa shape index (κ1) is 23.8. The summed E-state index contributed by atoms with van der Waals surface area (Å²) in [5.41, 5.74) is 4.98. The van der Waals surface area contributed by atoms with E-state index in [0.29, 0.717) is 0 Å². The predicted octanol–water partition coefficient (Wildman–Crippen LogP) is 6.96. The monoisotopic (exact) mass is 421 g/mol. The van der Waals surface area contributed by atoms with Gasteiger partial charge in [0, 0.05) is 0 Å². The van der Waals surface area contributed by atoms with Crippen LogP contribution >= 0.6 is 0 Å². The van der Waals surface area contributed by atoms with Crippen LogP contribution in [0.3, 0.4) is 0 Å². The van der Waals surface area contributed by atoms with Crippen LogP contribution in [0.2, 0.25) is 0 Å². The summed E-state index contributed by atoms with van der Waals surface area (Å²) in [6, 6.07) is 20.7. The Balaban J connectivity index is 0.000000222. The molecule has 0 N–H and O–H groups in total. The quantitative estimate of drug-likeness (QED) is 0.279. The van der Waals surface area contributed by atoms with E-state index in [4.69, 9.17) is 0 Å². The summed E-state index contributed by atoms with van der Waals surface area (Å²) < 4.78 is 39.0. The third-order valence-electron chi connectivity index (χ3n) is 3.56. The van der Waals surface area contributed by atoms with Gasteiger partial charge in [-0.2, -0.15) is 35.5 Å².